The summed E-state index contributed by atoms with van der Waals surface area (Å²) in [7, 11) is 0. The van der Waals surface area contributed by atoms with Crippen molar-refractivity contribution in [3.63, 3.8) is 0 Å². The molecule has 0 radical (unpaired) electrons. The Kier molecular flexibility index (Phi) is 5.33. The van der Waals surface area contributed by atoms with E-state index in [2.05, 4.69) is 10.3 Å². The van der Waals surface area contributed by atoms with Crippen LogP contribution in [0.3, 0.4) is 0 Å². The molecule has 1 aromatic heterocycles. The Morgan fingerprint density at radius 3 is 2.74 bits per heavy atom. The molecule has 8 nitrogen and oxygen atoms in total. The molecule has 1 aromatic carbocycles. The van der Waals surface area contributed by atoms with Crippen LogP contribution in [0.1, 0.15) is 55.4 Å². The normalized spacial score (nSPS) is 21.6. The molecule has 3 heterocycles. The summed E-state index contributed by atoms with van der Waals surface area (Å²) in [6.45, 7) is 6.23. The van der Waals surface area contributed by atoms with Gasteiger partial charge in [0, 0.05) is 25.1 Å². The lowest BCUT2D eigenvalue weighted by atomic mass is 9.79. The van der Waals surface area contributed by atoms with E-state index >= 15 is 0 Å². The third-order valence-corrected chi connectivity index (χ3v) is 6.64. The molecule has 2 aliphatic rings. The van der Waals surface area contributed by atoms with E-state index in [-0.39, 0.29) is 30.1 Å². The van der Waals surface area contributed by atoms with E-state index in [1.165, 1.54) is 11.3 Å². The summed E-state index contributed by atoms with van der Waals surface area (Å²) in [5.74, 6) is -1.03. The summed E-state index contributed by atoms with van der Waals surface area (Å²) >= 11 is 1.40. The van der Waals surface area contributed by atoms with Crippen LogP contribution < -0.4 is 5.32 Å². The van der Waals surface area contributed by atoms with E-state index in [9.17, 15) is 19.2 Å². The number of ether oxygens (including phenoxy) is 1. The first-order chi connectivity index (χ1) is 14.5. The second kappa shape index (κ2) is 7.71. The fraction of sp³-hybridized carbons (Fsp3) is 0.500. The van der Waals surface area contributed by atoms with Crippen LogP contribution in [-0.2, 0) is 25.5 Å². The molecule has 1 N–H and O–H groups in total. The first-order valence-corrected chi connectivity index (χ1v) is 11.1. The van der Waals surface area contributed by atoms with Gasteiger partial charge in [0.2, 0.25) is 11.8 Å². The van der Waals surface area contributed by atoms with E-state index in [1.54, 1.807) is 17.0 Å². The summed E-state index contributed by atoms with van der Waals surface area (Å²) in [6.07, 6.45) is 1.42. The van der Waals surface area contributed by atoms with Crippen molar-refractivity contribution in [3.8, 4) is 0 Å². The molecule has 0 aliphatic carbocycles. The van der Waals surface area contributed by atoms with Crippen LogP contribution in [-0.4, -0.2) is 52.3 Å². The number of rotatable bonds is 3. The van der Waals surface area contributed by atoms with Crippen molar-refractivity contribution in [3.05, 3.63) is 28.8 Å². The highest BCUT2D eigenvalue weighted by atomic mass is 32.1. The van der Waals surface area contributed by atoms with Crippen LogP contribution in [0.2, 0.25) is 0 Å². The Balaban J connectivity index is 1.47. The second-order valence-electron chi connectivity index (χ2n) is 9.19. The summed E-state index contributed by atoms with van der Waals surface area (Å²) in [5.41, 5.74) is -0.0759. The van der Waals surface area contributed by atoms with Crippen LogP contribution in [0.5, 0.6) is 0 Å². The van der Waals surface area contributed by atoms with Crippen LogP contribution in [0.4, 0.5) is 0 Å². The smallest absolute Gasteiger partial charge is 0.313 e. The van der Waals surface area contributed by atoms with Gasteiger partial charge in [0.05, 0.1) is 22.1 Å². The molecule has 4 rings (SSSR count). The SMILES string of the molecule is CC(C)(C)OC(=O)Cc1nc2cc(C(=O)N3CCC4(CCC(=O)NC4=O)C3)ccc2s1. The zero-order chi connectivity index (χ0) is 22.4. The number of amides is 3. The average Bonchev–Trinajstić information content (AvgIpc) is 3.27. The maximum absolute atomic E-state index is 13.1. The van der Waals surface area contributed by atoms with Gasteiger partial charge in [0.15, 0.2) is 0 Å². The maximum Gasteiger partial charge on any atom is 0.313 e. The number of fused-ring (bicyclic) bond motifs is 1. The number of esters is 1. The standard InChI is InChI=1S/C22H25N3O5S/c1-21(2,3)30-18(27)11-17-23-14-10-13(4-5-15(14)31-17)19(28)25-9-8-22(12-25)7-6-16(26)24-20(22)29/h4-5,10H,6-9,11-12H2,1-3H3,(H,24,26,29). The minimum Gasteiger partial charge on any atom is -0.460 e. The van der Waals surface area contributed by atoms with E-state index in [0.717, 1.165) is 4.70 Å². The van der Waals surface area contributed by atoms with Crippen LogP contribution in [0.25, 0.3) is 10.2 Å². The molecule has 2 saturated heterocycles. The fourth-order valence-electron chi connectivity index (χ4n) is 4.09. The number of nitrogens with zero attached hydrogens (tertiary/aromatic N) is 2. The zero-order valence-corrected chi connectivity index (χ0v) is 18.6. The van der Waals surface area contributed by atoms with Gasteiger partial charge in [0.1, 0.15) is 10.6 Å². The first-order valence-electron chi connectivity index (χ1n) is 10.3. The van der Waals surface area contributed by atoms with Crippen LogP contribution in [0, 0.1) is 5.41 Å². The number of carbonyl (C=O) groups is 4. The first kappa shape index (κ1) is 21.4. The number of thiazole rings is 1. The van der Waals surface area contributed by atoms with Crippen molar-refractivity contribution < 1.29 is 23.9 Å². The van der Waals surface area contributed by atoms with E-state index in [1.807, 2.05) is 26.8 Å². The van der Waals surface area contributed by atoms with E-state index in [0.29, 0.717) is 48.4 Å². The largest absolute Gasteiger partial charge is 0.460 e. The molecule has 3 amide bonds. The lowest BCUT2D eigenvalue weighted by Gasteiger charge is -2.31. The number of hydrogen-bond donors (Lipinski definition) is 1. The van der Waals surface area contributed by atoms with Crippen molar-refractivity contribution in [2.45, 2.75) is 52.1 Å². The van der Waals surface area contributed by atoms with Gasteiger partial charge in [-0.25, -0.2) is 4.98 Å². The van der Waals surface area contributed by atoms with Crippen LogP contribution >= 0.6 is 11.3 Å². The molecule has 0 saturated carbocycles. The number of aromatic nitrogens is 1. The van der Waals surface area contributed by atoms with Gasteiger partial charge in [-0.3, -0.25) is 24.5 Å². The Bertz CT molecular complexity index is 1090. The van der Waals surface area contributed by atoms with Gasteiger partial charge in [-0.05, 0) is 51.8 Å². The van der Waals surface area contributed by atoms with Gasteiger partial charge >= 0.3 is 5.97 Å². The molecular weight excluding hydrogens is 418 g/mol. The quantitative estimate of drug-likeness (QED) is 0.577. The monoisotopic (exact) mass is 443 g/mol. The minimum atomic E-state index is -0.672. The van der Waals surface area contributed by atoms with E-state index in [4.69, 9.17) is 4.74 Å². The maximum atomic E-state index is 13.1. The van der Waals surface area contributed by atoms with Crippen molar-refractivity contribution in [2.75, 3.05) is 13.1 Å². The summed E-state index contributed by atoms with van der Waals surface area (Å²) in [6, 6.07) is 5.30. The Morgan fingerprint density at radius 2 is 2.03 bits per heavy atom. The Hall–Kier alpha value is -2.81. The molecule has 9 heteroatoms. The summed E-state index contributed by atoms with van der Waals surface area (Å²) < 4.78 is 6.24. The summed E-state index contributed by atoms with van der Waals surface area (Å²) in [5, 5.41) is 3.04. The molecule has 2 fully saturated rings. The number of imide groups is 1. The van der Waals surface area contributed by atoms with Gasteiger partial charge in [-0.2, -0.15) is 0 Å². The number of benzene rings is 1. The number of likely N-dealkylation sites (tertiary alicyclic amines) is 1. The fourth-order valence-corrected chi connectivity index (χ4v) is 5.02. The second-order valence-corrected chi connectivity index (χ2v) is 10.3. The molecule has 1 unspecified atom stereocenters. The number of piperidine rings is 1. The topological polar surface area (TPSA) is 106 Å². The molecular formula is C22H25N3O5S. The van der Waals surface area contributed by atoms with Gasteiger partial charge in [-0.1, -0.05) is 0 Å². The molecule has 1 spiro atoms. The summed E-state index contributed by atoms with van der Waals surface area (Å²) in [4.78, 5) is 55.1. The highest BCUT2D eigenvalue weighted by molar-refractivity contribution is 7.18. The molecule has 164 valence electrons. The lowest BCUT2D eigenvalue weighted by Crippen LogP contribution is -2.50. The van der Waals surface area contributed by atoms with Crippen LogP contribution in [0.15, 0.2) is 18.2 Å². The molecule has 31 heavy (non-hydrogen) atoms. The van der Waals surface area contributed by atoms with Crippen molar-refractivity contribution >= 4 is 45.2 Å². The lowest BCUT2D eigenvalue weighted by molar-refractivity contribution is -0.154. The van der Waals surface area contributed by atoms with Crippen molar-refractivity contribution in [2.24, 2.45) is 5.41 Å². The predicted octanol–water partition coefficient (Wildman–Crippen LogP) is 2.45. The van der Waals surface area contributed by atoms with Gasteiger partial charge in [-0.15, -0.1) is 11.3 Å². The molecule has 1 atom stereocenters. The van der Waals surface area contributed by atoms with Crippen molar-refractivity contribution in [1.29, 1.82) is 0 Å². The van der Waals surface area contributed by atoms with E-state index < -0.39 is 11.0 Å². The van der Waals surface area contributed by atoms with Gasteiger partial charge in [0.25, 0.3) is 5.91 Å². The van der Waals surface area contributed by atoms with Crippen molar-refractivity contribution in [1.82, 2.24) is 15.2 Å². The highest BCUT2D eigenvalue weighted by Gasteiger charge is 2.48. The Morgan fingerprint density at radius 1 is 1.26 bits per heavy atom. The Labute approximate surface area is 184 Å². The number of hydrogen-bond acceptors (Lipinski definition) is 7. The number of nitrogens with one attached hydrogen (secondary N) is 1. The molecule has 0 bridgehead atoms. The third kappa shape index (κ3) is 4.46. The predicted molar refractivity (Wildman–Crippen MR) is 115 cm³/mol. The third-order valence-electron chi connectivity index (χ3n) is 5.60. The highest BCUT2D eigenvalue weighted by Crippen LogP contribution is 2.38. The average molecular weight is 444 g/mol. The molecule has 2 aliphatic heterocycles. The zero-order valence-electron chi connectivity index (χ0n) is 17.8. The minimum absolute atomic E-state index is 0.0857. The van der Waals surface area contributed by atoms with Gasteiger partial charge < -0.3 is 9.64 Å². The molecule has 2 aromatic rings. The number of carbonyl (C=O) groups excluding carboxylic acids is 4.